The molecule has 2 aromatic heterocycles. The lowest BCUT2D eigenvalue weighted by molar-refractivity contribution is -0.119. The van der Waals surface area contributed by atoms with Crippen molar-refractivity contribution >= 4 is 29.0 Å². The van der Waals surface area contributed by atoms with Crippen molar-refractivity contribution in [3.63, 3.8) is 0 Å². The topological polar surface area (TPSA) is 70.7 Å². The van der Waals surface area contributed by atoms with E-state index in [1.807, 2.05) is 54.8 Å². The van der Waals surface area contributed by atoms with Crippen LogP contribution in [0.5, 0.6) is 0 Å². The third-order valence-corrected chi connectivity index (χ3v) is 4.95. The van der Waals surface area contributed by atoms with Crippen LogP contribution in [-0.4, -0.2) is 26.8 Å². The molecular formula is C16H16N4OS2. The molecular weight excluding hydrogens is 328 g/mol. The van der Waals surface area contributed by atoms with Gasteiger partial charge in [0.25, 0.3) is 0 Å². The highest BCUT2D eigenvalue weighted by atomic mass is 32.2. The first kappa shape index (κ1) is 15.8. The van der Waals surface area contributed by atoms with Crippen LogP contribution in [0.25, 0.3) is 10.7 Å². The lowest BCUT2D eigenvalue weighted by atomic mass is 10.1. The van der Waals surface area contributed by atoms with Crippen LogP contribution >= 0.6 is 23.1 Å². The van der Waals surface area contributed by atoms with Gasteiger partial charge in [0.05, 0.1) is 16.7 Å². The molecule has 0 saturated carbocycles. The van der Waals surface area contributed by atoms with E-state index in [9.17, 15) is 4.79 Å². The van der Waals surface area contributed by atoms with Gasteiger partial charge in [-0.3, -0.25) is 9.89 Å². The average molecular weight is 344 g/mol. The average Bonchev–Trinajstić information content (AvgIpc) is 3.25. The number of nitrogens with zero attached hydrogens (tertiary/aromatic N) is 2. The normalized spacial score (nSPS) is 12.0. The maximum Gasteiger partial charge on any atom is 0.230 e. The van der Waals surface area contributed by atoms with Gasteiger partial charge in [0.2, 0.25) is 11.1 Å². The summed E-state index contributed by atoms with van der Waals surface area (Å²) in [5.74, 6) is 0.994. The van der Waals surface area contributed by atoms with Gasteiger partial charge in [-0.15, -0.1) is 16.4 Å². The number of nitrogens with one attached hydrogen (secondary N) is 2. The number of carbonyl (C=O) groups is 1. The minimum absolute atomic E-state index is 0.0156. The van der Waals surface area contributed by atoms with E-state index >= 15 is 0 Å². The Kier molecular flexibility index (Phi) is 5.09. The maximum absolute atomic E-state index is 12.0. The van der Waals surface area contributed by atoms with Gasteiger partial charge < -0.3 is 5.32 Å². The van der Waals surface area contributed by atoms with E-state index in [1.54, 1.807) is 11.3 Å². The Morgan fingerprint density at radius 1 is 1.30 bits per heavy atom. The smallest absolute Gasteiger partial charge is 0.230 e. The van der Waals surface area contributed by atoms with Crippen molar-refractivity contribution in [3.05, 3.63) is 53.4 Å². The Bertz CT molecular complexity index is 756. The molecule has 0 spiro atoms. The van der Waals surface area contributed by atoms with Crippen molar-refractivity contribution < 1.29 is 4.79 Å². The first-order valence-electron chi connectivity index (χ1n) is 7.16. The fraction of sp³-hybridized carbons (Fsp3) is 0.188. The quantitative estimate of drug-likeness (QED) is 0.672. The molecule has 0 saturated heterocycles. The van der Waals surface area contributed by atoms with Gasteiger partial charge in [0.15, 0.2) is 5.82 Å². The van der Waals surface area contributed by atoms with Crippen LogP contribution in [0.15, 0.2) is 53.0 Å². The van der Waals surface area contributed by atoms with Crippen molar-refractivity contribution in [1.29, 1.82) is 0 Å². The largest absolute Gasteiger partial charge is 0.349 e. The predicted octanol–water partition coefficient (Wildman–Crippen LogP) is 3.50. The minimum Gasteiger partial charge on any atom is -0.349 e. The summed E-state index contributed by atoms with van der Waals surface area (Å²) in [4.78, 5) is 17.5. The van der Waals surface area contributed by atoms with Crippen LogP contribution in [0, 0.1) is 0 Å². The summed E-state index contributed by atoms with van der Waals surface area (Å²) in [5, 5.41) is 12.6. The molecule has 23 heavy (non-hydrogen) atoms. The molecule has 2 heterocycles. The van der Waals surface area contributed by atoms with Crippen LogP contribution in [0.1, 0.15) is 18.5 Å². The fourth-order valence-electron chi connectivity index (χ4n) is 2.07. The van der Waals surface area contributed by atoms with Gasteiger partial charge in [0.1, 0.15) is 0 Å². The molecule has 0 bridgehead atoms. The number of hydrogen-bond donors (Lipinski definition) is 2. The molecule has 1 aromatic carbocycles. The number of amides is 1. The number of thioether (sulfide) groups is 1. The second-order valence-electron chi connectivity index (χ2n) is 4.93. The Morgan fingerprint density at radius 3 is 2.87 bits per heavy atom. The van der Waals surface area contributed by atoms with Gasteiger partial charge in [-0.2, -0.15) is 0 Å². The van der Waals surface area contributed by atoms with Crippen LogP contribution in [0.4, 0.5) is 0 Å². The highest BCUT2D eigenvalue weighted by Crippen LogP contribution is 2.23. The van der Waals surface area contributed by atoms with Crippen LogP contribution < -0.4 is 5.32 Å². The molecule has 3 rings (SSSR count). The first-order valence-corrected chi connectivity index (χ1v) is 9.02. The van der Waals surface area contributed by atoms with Gasteiger partial charge >= 0.3 is 0 Å². The second kappa shape index (κ2) is 7.43. The zero-order valence-electron chi connectivity index (χ0n) is 12.5. The summed E-state index contributed by atoms with van der Waals surface area (Å²) in [5.41, 5.74) is 1.09. The van der Waals surface area contributed by atoms with Gasteiger partial charge in [-0.25, -0.2) is 4.98 Å². The Balaban J connectivity index is 1.51. The molecule has 0 aliphatic heterocycles. The molecule has 1 unspecified atom stereocenters. The predicted molar refractivity (Wildman–Crippen MR) is 93.4 cm³/mol. The number of H-pyrrole nitrogens is 1. The zero-order valence-corrected chi connectivity index (χ0v) is 14.2. The lowest BCUT2D eigenvalue weighted by Crippen LogP contribution is -2.28. The van der Waals surface area contributed by atoms with E-state index in [1.165, 1.54) is 11.8 Å². The number of aromatic nitrogens is 3. The third-order valence-electron chi connectivity index (χ3n) is 3.23. The highest BCUT2D eigenvalue weighted by molar-refractivity contribution is 7.99. The summed E-state index contributed by atoms with van der Waals surface area (Å²) in [7, 11) is 0. The lowest BCUT2D eigenvalue weighted by Gasteiger charge is -2.13. The number of benzene rings is 1. The summed E-state index contributed by atoms with van der Waals surface area (Å²) in [6, 6.07) is 13.8. The van der Waals surface area contributed by atoms with Crippen LogP contribution in [0.2, 0.25) is 0 Å². The monoisotopic (exact) mass is 344 g/mol. The van der Waals surface area contributed by atoms with Crippen molar-refractivity contribution in [2.45, 2.75) is 18.1 Å². The van der Waals surface area contributed by atoms with Gasteiger partial charge in [-0.05, 0) is 23.9 Å². The molecule has 118 valence electrons. The Hall–Kier alpha value is -2.12. The Morgan fingerprint density at radius 2 is 2.13 bits per heavy atom. The molecule has 0 aliphatic rings. The molecule has 3 aromatic rings. The molecule has 1 atom stereocenters. The van der Waals surface area contributed by atoms with E-state index < -0.39 is 0 Å². The van der Waals surface area contributed by atoms with Crippen molar-refractivity contribution in [2.24, 2.45) is 0 Å². The van der Waals surface area contributed by atoms with E-state index in [2.05, 4.69) is 20.5 Å². The van der Waals surface area contributed by atoms with Crippen molar-refractivity contribution in [2.75, 3.05) is 5.75 Å². The number of carbonyl (C=O) groups excluding carboxylic acids is 1. The van der Waals surface area contributed by atoms with E-state index in [-0.39, 0.29) is 11.9 Å². The van der Waals surface area contributed by atoms with Crippen LogP contribution in [0.3, 0.4) is 0 Å². The van der Waals surface area contributed by atoms with Crippen molar-refractivity contribution in [3.8, 4) is 10.7 Å². The van der Waals surface area contributed by atoms with E-state index in [4.69, 9.17) is 0 Å². The Labute approximate surface area is 142 Å². The minimum atomic E-state index is -0.0335. The molecule has 0 aliphatic carbocycles. The van der Waals surface area contributed by atoms with Gasteiger partial charge in [-0.1, -0.05) is 48.2 Å². The second-order valence-corrected chi connectivity index (χ2v) is 6.82. The number of rotatable bonds is 6. The summed E-state index contributed by atoms with van der Waals surface area (Å²) < 4.78 is 0. The van der Waals surface area contributed by atoms with Crippen LogP contribution in [-0.2, 0) is 4.79 Å². The summed E-state index contributed by atoms with van der Waals surface area (Å²) >= 11 is 2.92. The number of hydrogen-bond acceptors (Lipinski definition) is 5. The summed E-state index contributed by atoms with van der Waals surface area (Å²) in [6.45, 7) is 1.97. The van der Waals surface area contributed by atoms with Crippen molar-refractivity contribution in [1.82, 2.24) is 20.5 Å². The summed E-state index contributed by atoms with van der Waals surface area (Å²) in [6.07, 6.45) is 0. The molecule has 5 nitrogen and oxygen atoms in total. The molecule has 2 N–H and O–H groups in total. The van der Waals surface area contributed by atoms with E-state index in [0.29, 0.717) is 10.9 Å². The zero-order chi connectivity index (χ0) is 16.1. The third kappa shape index (κ3) is 4.20. The molecule has 7 heteroatoms. The molecule has 0 fully saturated rings. The molecule has 0 radical (unpaired) electrons. The van der Waals surface area contributed by atoms with E-state index in [0.717, 1.165) is 16.3 Å². The molecule has 1 amide bonds. The standard InChI is InChI=1S/C16H16N4OS2/c1-11(12-6-3-2-4-7-12)17-14(21)10-23-16-18-15(19-20-16)13-8-5-9-22-13/h2-9,11H,10H2,1H3,(H,17,21)(H,18,19,20). The SMILES string of the molecule is CC(NC(=O)CSc1n[nH]c(-c2cccs2)n1)c1ccccc1. The maximum atomic E-state index is 12.0. The van der Waals surface area contributed by atoms with Gasteiger partial charge in [0, 0.05) is 0 Å². The fourth-order valence-corrected chi connectivity index (χ4v) is 3.35. The highest BCUT2D eigenvalue weighted by Gasteiger charge is 2.12. The first-order chi connectivity index (χ1) is 11.2. The number of aromatic amines is 1. The number of thiophene rings is 1.